The molecule has 2 aromatic carbocycles. The lowest BCUT2D eigenvalue weighted by Crippen LogP contribution is -2.16. The molecule has 1 unspecified atom stereocenters. The van der Waals surface area contributed by atoms with Gasteiger partial charge in [-0.25, -0.2) is 9.59 Å². The van der Waals surface area contributed by atoms with Gasteiger partial charge in [0.15, 0.2) is 0 Å². The van der Waals surface area contributed by atoms with Crippen molar-refractivity contribution in [1.82, 2.24) is 10.1 Å². The molecule has 0 aliphatic carbocycles. The SMILES string of the molecule is Cc1noc(C#Cc2cc3cccc(C(=O)O)c3[nH]2)c1NC(=O)OC(C)c1ccccc1. The number of nitrogens with zero attached hydrogens (tertiary/aromatic N) is 1. The Kier molecular flexibility index (Phi) is 5.64. The molecule has 8 nitrogen and oxygen atoms in total. The maximum absolute atomic E-state index is 12.4. The van der Waals surface area contributed by atoms with E-state index in [1.165, 1.54) is 6.07 Å². The van der Waals surface area contributed by atoms with E-state index in [4.69, 9.17) is 9.26 Å². The Morgan fingerprint density at radius 2 is 1.94 bits per heavy atom. The van der Waals surface area contributed by atoms with E-state index in [0.29, 0.717) is 22.6 Å². The van der Waals surface area contributed by atoms with Crippen LogP contribution in [0.1, 0.15) is 46.1 Å². The molecule has 0 spiro atoms. The summed E-state index contributed by atoms with van der Waals surface area (Å²) >= 11 is 0. The first-order chi connectivity index (χ1) is 15.4. The molecule has 0 bridgehead atoms. The van der Waals surface area contributed by atoms with Crippen molar-refractivity contribution in [3.63, 3.8) is 0 Å². The van der Waals surface area contributed by atoms with Crippen LogP contribution in [0, 0.1) is 18.8 Å². The van der Waals surface area contributed by atoms with E-state index in [0.717, 1.165) is 10.9 Å². The minimum Gasteiger partial charge on any atom is -0.478 e. The molecule has 1 amide bonds. The van der Waals surface area contributed by atoms with Crippen molar-refractivity contribution < 1.29 is 24.0 Å². The molecular weight excluding hydrogens is 410 g/mol. The molecule has 4 aromatic rings. The van der Waals surface area contributed by atoms with E-state index in [1.807, 2.05) is 30.3 Å². The third-order valence-electron chi connectivity index (χ3n) is 4.84. The highest BCUT2D eigenvalue weighted by Gasteiger charge is 2.18. The second-order valence-electron chi connectivity index (χ2n) is 7.06. The first-order valence-corrected chi connectivity index (χ1v) is 9.78. The van der Waals surface area contributed by atoms with Crippen LogP contribution in [-0.2, 0) is 4.74 Å². The fraction of sp³-hybridized carbons (Fsp3) is 0.125. The number of anilines is 1. The zero-order valence-electron chi connectivity index (χ0n) is 17.3. The second-order valence-corrected chi connectivity index (χ2v) is 7.06. The maximum atomic E-state index is 12.4. The monoisotopic (exact) mass is 429 g/mol. The Bertz CT molecular complexity index is 1360. The number of rotatable bonds is 4. The minimum absolute atomic E-state index is 0.156. The van der Waals surface area contributed by atoms with E-state index in [-0.39, 0.29) is 11.3 Å². The molecule has 0 aliphatic rings. The number of hydrogen-bond donors (Lipinski definition) is 3. The quantitative estimate of drug-likeness (QED) is 0.398. The highest BCUT2D eigenvalue weighted by atomic mass is 16.6. The van der Waals surface area contributed by atoms with Crippen LogP contribution in [0.3, 0.4) is 0 Å². The van der Waals surface area contributed by atoms with Crippen molar-refractivity contribution in [2.45, 2.75) is 20.0 Å². The van der Waals surface area contributed by atoms with Gasteiger partial charge in [0.2, 0.25) is 5.76 Å². The predicted octanol–water partition coefficient (Wildman–Crippen LogP) is 4.87. The summed E-state index contributed by atoms with van der Waals surface area (Å²) in [7, 11) is 0. The predicted molar refractivity (Wildman–Crippen MR) is 117 cm³/mol. The Morgan fingerprint density at radius 3 is 2.69 bits per heavy atom. The van der Waals surface area contributed by atoms with E-state index in [1.54, 1.807) is 32.0 Å². The molecule has 4 rings (SSSR count). The van der Waals surface area contributed by atoms with Crippen LogP contribution in [-0.4, -0.2) is 27.3 Å². The number of aryl methyl sites for hydroxylation is 1. The molecular formula is C24H19N3O5. The molecule has 0 saturated carbocycles. The van der Waals surface area contributed by atoms with Crippen LogP contribution in [0.5, 0.6) is 0 Å². The van der Waals surface area contributed by atoms with Gasteiger partial charge in [-0.1, -0.05) is 47.6 Å². The van der Waals surface area contributed by atoms with Crippen LogP contribution in [0.4, 0.5) is 10.5 Å². The number of aromatic carboxylic acids is 1. The van der Waals surface area contributed by atoms with Crippen LogP contribution < -0.4 is 5.32 Å². The number of carboxylic acids is 1. The van der Waals surface area contributed by atoms with Crippen LogP contribution >= 0.6 is 0 Å². The highest BCUT2D eigenvalue weighted by molar-refractivity contribution is 6.02. The Hall–Kier alpha value is -4.51. The lowest BCUT2D eigenvalue weighted by molar-refractivity contribution is 0.0698. The largest absolute Gasteiger partial charge is 0.478 e. The zero-order valence-corrected chi connectivity index (χ0v) is 17.3. The fourth-order valence-corrected chi connectivity index (χ4v) is 3.21. The summed E-state index contributed by atoms with van der Waals surface area (Å²) in [5, 5.41) is 16.6. The van der Waals surface area contributed by atoms with Gasteiger partial charge in [0.05, 0.1) is 16.8 Å². The number of carboxylic acid groups (broad SMARTS) is 1. The van der Waals surface area contributed by atoms with Gasteiger partial charge in [-0.3, -0.25) is 5.32 Å². The Labute approximate surface area is 183 Å². The van der Waals surface area contributed by atoms with Crippen LogP contribution in [0.15, 0.2) is 59.1 Å². The Morgan fingerprint density at radius 1 is 1.16 bits per heavy atom. The third-order valence-corrected chi connectivity index (χ3v) is 4.84. The average molecular weight is 429 g/mol. The van der Waals surface area contributed by atoms with Crippen molar-refractivity contribution in [1.29, 1.82) is 0 Å². The number of ether oxygens (including phenoxy) is 1. The minimum atomic E-state index is -1.03. The summed E-state index contributed by atoms with van der Waals surface area (Å²) in [4.78, 5) is 26.8. The zero-order chi connectivity index (χ0) is 22.7. The standard InChI is InChI=1S/C24H19N3O5/c1-14-21(26-24(30)31-15(2)16-7-4-3-5-8-16)20(32-27-14)12-11-18-13-17-9-6-10-19(23(28)29)22(17)25-18/h3-10,13,15,25H,1-2H3,(H,26,30)(H,28,29). The number of amides is 1. The first kappa shape index (κ1) is 20.8. The second kappa shape index (κ2) is 8.70. The van der Waals surface area contributed by atoms with Gasteiger partial charge in [0.25, 0.3) is 0 Å². The normalized spacial score (nSPS) is 11.4. The molecule has 0 radical (unpaired) electrons. The number of aromatic nitrogens is 2. The molecule has 2 aromatic heterocycles. The smallest absolute Gasteiger partial charge is 0.412 e. The van der Waals surface area contributed by atoms with Crippen LogP contribution in [0.2, 0.25) is 0 Å². The van der Waals surface area contributed by atoms with Crippen molar-refractivity contribution in [3.05, 3.63) is 82.9 Å². The number of para-hydroxylation sites is 1. The number of carbonyl (C=O) groups excluding carboxylic acids is 1. The average Bonchev–Trinajstić information content (AvgIpc) is 3.35. The van der Waals surface area contributed by atoms with Crippen molar-refractivity contribution in [2.75, 3.05) is 5.32 Å². The molecule has 0 saturated heterocycles. The van der Waals surface area contributed by atoms with Crippen molar-refractivity contribution in [3.8, 4) is 11.8 Å². The van der Waals surface area contributed by atoms with Gasteiger partial charge >= 0.3 is 12.1 Å². The van der Waals surface area contributed by atoms with Crippen LogP contribution in [0.25, 0.3) is 10.9 Å². The molecule has 160 valence electrons. The molecule has 1 atom stereocenters. The first-order valence-electron chi connectivity index (χ1n) is 9.78. The van der Waals surface area contributed by atoms with E-state index in [9.17, 15) is 14.7 Å². The van der Waals surface area contributed by atoms with E-state index >= 15 is 0 Å². The number of nitrogens with one attached hydrogen (secondary N) is 2. The van der Waals surface area contributed by atoms with Gasteiger partial charge < -0.3 is 19.4 Å². The number of H-pyrrole nitrogens is 1. The number of carbonyl (C=O) groups is 2. The summed E-state index contributed by atoms with van der Waals surface area (Å²) in [6, 6.07) is 16.1. The molecule has 0 aliphatic heterocycles. The molecule has 0 fully saturated rings. The van der Waals surface area contributed by atoms with Crippen molar-refractivity contribution in [2.24, 2.45) is 0 Å². The fourth-order valence-electron chi connectivity index (χ4n) is 3.21. The maximum Gasteiger partial charge on any atom is 0.412 e. The molecule has 32 heavy (non-hydrogen) atoms. The lowest BCUT2D eigenvalue weighted by atomic mass is 10.1. The summed E-state index contributed by atoms with van der Waals surface area (Å²) in [5.41, 5.74) is 2.75. The van der Waals surface area contributed by atoms with Gasteiger partial charge in [0.1, 0.15) is 17.5 Å². The van der Waals surface area contributed by atoms with Gasteiger partial charge in [-0.05, 0) is 43.4 Å². The molecule has 3 N–H and O–H groups in total. The topological polar surface area (TPSA) is 117 Å². The number of fused-ring (bicyclic) bond motifs is 1. The summed E-state index contributed by atoms with van der Waals surface area (Å²) < 4.78 is 10.7. The van der Waals surface area contributed by atoms with Gasteiger partial charge in [-0.2, -0.15) is 0 Å². The van der Waals surface area contributed by atoms with Gasteiger partial charge in [-0.15, -0.1) is 0 Å². The van der Waals surface area contributed by atoms with E-state index in [2.05, 4.69) is 27.3 Å². The number of hydrogen-bond acceptors (Lipinski definition) is 5. The Balaban J connectivity index is 1.53. The highest BCUT2D eigenvalue weighted by Crippen LogP contribution is 2.23. The molecule has 2 heterocycles. The summed E-state index contributed by atoms with van der Waals surface area (Å²) in [6.45, 7) is 3.45. The van der Waals surface area contributed by atoms with Gasteiger partial charge in [0, 0.05) is 5.39 Å². The summed E-state index contributed by atoms with van der Waals surface area (Å²) in [6.07, 6.45) is -1.10. The number of aromatic amines is 1. The molecule has 8 heteroatoms. The van der Waals surface area contributed by atoms with Crippen molar-refractivity contribution >= 4 is 28.7 Å². The van der Waals surface area contributed by atoms with E-state index < -0.39 is 18.2 Å². The third kappa shape index (κ3) is 4.32. The lowest BCUT2D eigenvalue weighted by Gasteiger charge is -2.13. The number of benzene rings is 2. The summed E-state index contributed by atoms with van der Waals surface area (Å²) in [5.74, 6) is 4.83.